The molecule has 0 aromatic carbocycles. The van der Waals surface area contributed by atoms with Crippen molar-refractivity contribution < 1.29 is 4.74 Å². The number of likely N-dealkylation sites (tertiary alicyclic amines) is 1. The van der Waals surface area contributed by atoms with E-state index in [0.29, 0.717) is 6.04 Å². The highest BCUT2D eigenvalue weighted by Crippen LogP contribution is 2.48. The Bertz CT molecular complexity index is 690. The second kappa shape index (κ2) is 6.17. The normalized spacial score (nSPS) is 28.0. The minimum Gasteiger partial charge on any atom is -0.369 e. The van der Waals surface area contributed by atoms with E-state index >= 15 is 0 Å². The van der Waals surface area contributed by atoms with E-state index in [9.17, 15) is 0 Å². The minimum atomic E-state index is -0.112. The fourth-order valence-corrected chi connectivity index (χ4v) is 5.42. The van der Waals surface area contributed by atoms with Gasteiger partial charge in [-0.3, -0.25) is 9.88 Å². The van der Waals surface area contributed by atoms with E-state index in [1.165, 1.54) is 16.0 Å². The van der Waals surface area contributed by atoms with Crippen molar-refractivity contribution in [2.45, 2.75) is 44.4 Å². The highest BCUT2D eigenvalue weighted by atomic mass is 35.5. The number of piperidine rings is 1. The fraction of sp³-hybridized carbons (Fsp3) is 0.500. The first-order valence-corrected chi connectivity index (χ1v) is 9.41. The Morgan fingerprint density at radius 3 is 3.04 bits per heavy atom. The fourth-order valence-electron chi connectivity index (χ4n) is 3.94. The predicted octanol–water partition coefficient (Wildman–Crippen LogP) is 4.25. The summed E-state index contributed by atoms with van der Waals surface area (Å²) in [5.41, 5.74) is 2.62. The zero-order chi connectivity index (χ0) is 15.9. The lowest BCUT2D eigenvalue weighted by molar-refractivity contribution is -0.110. The molecule has 2 aromatic heterocycles. The van der Waals surface area contributed by atoms with Crippen molar-refractivity contribution in [3.8, 4) is 0 Å². The Hall–Kier alpha value is -0.940. The van der Waals surface area contributed by atoms with E-state index in [-0.39, 0.29) is 5.60 Å². The zero-order valence-electron chi connectivity index (χ0n) is 13.3. The third-order valence-electron chi connectivity index (χ3n) is 5.13. The van der Waals surface area contributed by atoms with Gasteiger partial charge in [0.1, 0.15) is 5.60 Å². The number of nitrogens with zero attached hydrogens (tertiary/aromatic N) is 2. The lowest BCUT2D eigenvalue weighted by Crippen LogP contribution is -2.49. The Morgan fingerprint density at radius 2 is 2.26 bits per heavy atom. The maximum absolute atomic E-state index is 6.33. The summed E-state index contributed by atoms with van der Waals surface area (Å²) in [5, 5.41) is 0. The van der Waals surface area contributed by atoms with Crippen LogP contribution < -0.4 is 0 Å². The van der Waals surface area contributed by atoms with E-state index in [2.05, 4.69) is 35.0 Å². The molecule has 0 radical (unpaired) electrons. The van der Waals surface area contributed by atoms with E-state index < -0.39 is 0 Å². The molecular weight excluding hydrogens is 328 g/mol. The number of fused-ring (bicyclic) bond motifs is 2. The predicted molar refractivity (Wildman–Crippen MR) is 94.0 cm³/mol. The van der Waals surface area contributed by atoms with Crippen molar-refractivity contribution in [1.82, 2.24) is 9.88 Å². The average molecular weight is 349 g/mol. The summed E-state index contributed by atoms with van der Waals surface area (Å²) < 4.78 is 7.23. The van der Waals surface area contributed by atoms with E-state index in [1.807, 2.05) is 12.4 Å². The van der Waals surface area contributed by atoms with Crippen LogP contribution >= 0.6 is 22.9 Å². The van der Waals surface area contributed by atoms with Gasteiger partial charge in [-0.1, -0.05) is 11.6 Å². The van der Waals surface area contributed by atoms with Crippen molar-refractivity contribution >= 4 is 22.9 Å². The Labute approximate surface area is 146 Å². The van der Waals surface area contributed by atoms with Crippen LogP contribution in [0, 0.1) is 0 Å². The highest BCUT2D eigenvalue weighted by Gasteiger charge is 2.44. The Kier molecular flexibility index (Phi) is 4.18. The van der Waals surface area contributed by atoms with Crippen LogP contribution in [0.15, 0.2) is 30.6 Å². The SMILES string of the molecule is C[C@H]1C[C@@]2(CCN1Cc1ccncc1)OCCc1cc(Cl)sc12. The van der Waals surface area contributed by atoms with Crippen LogP contribution in [0.4, 0.5) is 0 Å². The molecule has 0 amide bonds. The molecule has 2 aromatic rings. The van der Waals surface area contributed by atoms with Crippen LogP contribution in [0.25, 0.3) is 0 Å². The molecular formula is C18H21ClN2OS. The Morgan fingerprint density at radius 1 is 1.43 bits per heavy atom. The molecule has 0 N–H and O–H groups in total. The van der Waals surface area contributed by atoms with Crippen molar-refractivity contribution in [3.05, 3.63) is 50.9 Å². The van der Waals surface area contributed by atoms with Gasteiger partial charge in [0.15, 0.2) is 0 Å². The van der Waals surface area contributed by atoms with Gasteiger partial charge in [-0.05, 0) is 55.5 Å². The lowest BCUT2D eigenvalue weighted by atomic mass is 9.82. The van der Waals surface area contributed by atoms with Crippen molar-refractivity contribution in [1.29, 1.82) is 0 Å². The maximum atomic E-state index is 6.33. The van der Waals surface area contributed by atoms with E-state index in [4.69, 9.17) is 16.3 Å². The lowest BCUT2D eigenvalue weighted by Gasteiger charge is -2.47. The monoisotopic (exact) mass is 348 g/mol. The summed E-state index contributed by atoms with van der Waals surface area (Å²) in [4.78, 5) is 8.03. The quantitative estimate of drug-likeness (QED) is 0.811. The molecule has 2 aliphatic rings. The molecule has 4 heterocycles. The van der Waals surface area contributed by atoms with Gasteiger partial charge in [-0.25, -0.2) is 0 Å². The molecule has 0 aliphatic carbocycles. The first-order valence-electron chi connectivity index (χ1n) is 8.22. The first-order chi connectivity index (χ1) is 11.2. The van der Waals surface area contributed by atoms with Crippen LogP contribution in [0.5, 0.6) is 0 Å². The highest BCUT2D eigenvalue weighted by molar-refractivity contribution is 7.16. The van der Waals surface area contributed by atoms with Gasteiger partial charge in [0.2, 0.25) is 0 Å². The van der Waals surface area contributed by atoms with Crippen LogP contribution in [-0.2, 0) is 23.3 Å². The molecule has 0 bridgehead atoms. The zero-order valence-corrected chi connectivity index (χ0v) is 14.9. The number of hydrogen-bond donors (Lipinski definition) is 0. The van der Waals surface area contributed by atoms with Crippen LogP contribution in [0.2, 0.25) is 4.34 Å². The summed E-state index contributed by atoms with van der Waals surface area (Å²) in [6.07, 6.45) is 6.83. The maximum Gasteiger partial charge on any atom is 0.105 e. The average Bonchev–Trinajstić information content (AvgIpc) is 2.94. The van der Waals surface area contributed by atoms with Gasteiger partial charge in [-0.2, -0.15) is 0 Å². The van der Waals surface area contributed by atoms with E-state index in [1.54, 1.807) is 11.3 Å². The van der Waals surface area contributed by atoms with Gasteiger partial charge in [0.05, 0.1) is 10.9 Å². The smallest absolute Gasteiger partial charge is 0.105 e. The van der Waals surface area contributed by atoms with Crippen molar-refractivity contribution in [3.63, 3.8) is 0 Å². The third-order valence-corrected chi connectivity index (χ3v) is 6.62. The molecule has 4 rings (SSSR count). The third kappa shape index (κ3) is 2.93. The van der Waals surface area contributed by atoms with Crippen molar-refractivity contribution in [2.24, 2.45) is 0 Å². The number of aromatic nitrogens is 1. The van der Waals surface area contributed by atoms with E-state index in [0.717, 1.165) is 43.3 Å². The topological polar surface area (TPSA) is 25.4 Å². The molecule has 5 heteroatoms. The molecule has 0 saturated carbocycles. The number of ether oxygens (including phenoxy) is 1. The molecule has 0 unspecified atom stereocenters. The largest absolute Gasteiger partial charge is 0.369 e. The van der Waals surface area contributed by atoms with Gasteiger partial charge < -0.3 is 4.74 Å². The van der Waals surface area contributed by atoms with Crippen LogP contribution in [-0.4, -0.2) is 29.1 Å². The number of halogens is 1. The molecule has 122 valence electrons. The van der Waals surface area contributed by atoms with Gasteiger partial charge in [0.25, 0.3) is 0 Å². The Balaban J connectivity index is 1.53. The summed E-state index contributed by atoms with van der Waals surface area (Å²) >= 11 is 7.99. The number of thiophene rings is 1. The second-order valence-electron chi connectivity index (χ2n) is 6.63. The number of hydrogen-bond acceptors (Lipinski definition) is 4. The number of pyridine rings is 1. The van der Waals surface area contributed by atoms with Gasteiger partial charge in [-0.15, -0.1) is 11.3 Å². The minimum absolute atomic E-state index is 0.112. The molecule has 3 nitrogen and oxygen atoms in total. The van der Waals surface area contributed by atoms with Crippen LogP contribution in [0.1, 0.15) is 35.8 Å². The molecule has 2 atom stereocenters. The summed E-state index contributed by atoms with van der Waals surface area (Å²) in [5.74, 6) is 0. The van der Waals surface area contributed by atoms with Crippen LogP contribution in [0.3, 0.4) is 0 Å². The summed E-state index contributed by atoms with van der Waals surface area (Å²) in [6, 6.07) is 6.83. The van der Waals surface area contributed by atoms with Crippen molar-refractivity contribution in [2.75, 3.05) is 13.2 Å². The molecule has 23 heavy (non-hydrogen) atoms. The summed E-state index contributed by atoms with van der Waals surface area (Å²) in [6.45, 7) is 5.17. The number of rotatable bonds is 2. The molecule has 1 fully saturated rings. The summed E-state index contributed by atoms with van der Waals surface area (Å²) in [7, 11) is 0. The first kappa shape index (κ1) is 15.6. The second-order valence-corrected chi connectivity index (χ2v) is 8.31. The van der Waals surface area contributed by atoms with Gasteiger partial charge >= 0.3 is 0 Å². The molecule has 1 spiro atoms. The standard InChI is InChI=1S/C18H21ClN2OS/c1-13-11-18(17-15(4-9-22-18)10-16(19)23-17)5-8-21(13)12-14-2-6-20-7-3-14/h2-3,6-7,10,13H,4-5,8-9,11-12H2,1H3/t13-,18+/m0/s1. The molecule has 1 saturated heterocycles. The molecule has 2 aliphatic heterocycles. The van der Waals surface area contributed by atoms with Gasteiger partial charge in [0, 0.05) is 36.4 Å².